The number of rotatable bonds is 8. The summed E-state index contributed by atoms with van der Waals surface area (Å²) in [5.41, 5.74) is 2.36. The fourth-order valence-electron chi connectivity index (χ4n) is 2.51. The van der Waals surface area contributed by atoms with Gasteiger partial charge in [-0.1, -0.05) is 12.1 Å². The first-order valence-electron chi connectivity index (χ1n) is 8.79. The number of hydrogen-bond donors (Lipinski definition) is 2. The van der Waals surface area contributed by atoms with Crippen LogP contribution in [0.3, 0.4) is 0 Å². The second kappa shape index (κ2) is 9.54. The van der Waals surface area contributed by atoms with Gasteiger partial charge in [-0.2, -0.15) is 5.10 Å². The van der Waals surface area contributed by atoms with E-state index in [1.165, 1.54) is 0 Å². The molecule has 0 aliphatic carbocycles. The van der Waals surface area contributed by atoms with Crippen LogP contribution in [0.4, 0.5) is 5.69 Å². The normalized spacial score (nSPS) is 10.3. The fraction of sp³-hybridized carbons (Fsp3) is 0.368. The second-order valence-electron chi connectivity index (χ2n) is 5.99. The van der Waals surface area contributed by atoms with Crippen molar-refractivity contribution in [3.8, 4) is 5.75 Å². The molecule has 9 nitrogen and oxygen atoms in total. The molecule has 1 heterocycles. The minimum absolute atomic E-state index is 0.317. The molecule has 9 heteroatoms. The van der Waals surface area contributed by atoms with Gasteiger partial charge in [0.25, 0.3) is 11.8 Å². The van der Waals surface area contributed by atoms with Crippen LogP contribution in [-0.4, -0.2) is 47.3 Å². The number of esters is 1. The zero-order valence-electron chi connectivity index (χ0n) is 16.4. The average Bonchev–Trinajstić information content (AvgIpc) is 2.91. The van der Waals surface area contributed by atoms with E-state index < -0.39 is 24.4 Å². The minimum Gasteiger partial charge on any atom is -0.493 e. The van der Waals surface area contributed by atoms with Gasteiger partial charge in [0.15, 0.2) is 6.61 Å². The Hall–Kier alpha value is -3.36. The molecule has 2 amide bonds. The quantitative estimate of drug-likeness (QED) is 0.660. The minimum atomic E-state index is -0.725. The molecule has 1 aromatic heterocycles. The summed E-state index contributed by atoms with van der Waals surface area (Å²) >= 11 is 0. The van der Waals surface area contributed by atoms with Gasteiger partial charge >= 0.3 is 5.97 Å². The Kier molecular flexibility index (Phi) is 7.14. The van der Waals surface area contributed by atoms with Crippen LogP contribution in [0.25, 0.3) is 0 Å². The van der Waals surface area contributed by atoms with Gasteiger partial charge in [0.1, 0.15) is 12.3 Å². The van der Waals surface area contributed by atoms with Crippen molar-refractivity contribution in [3.05, 3.63) is 41.2 Å². The molecule has 0 atom stereocenters. The van der Waals surface area contributed by atoms with Crippen molar-refractivity contribution in [1.82, 2.24) is 15.1 Å². The van der Waals surface area contributed by atoms with Gasteiger partial charge in [-0.3, -0.25) is 19.1 Å². The van der Waals surface area contributed by atoms with E-state index in [0.29, 0.717) is 29.3 Å². The zero-order chi connectivity index (χ0) is 20.7. The highest BCUT2D eigenvalue weighted by molar-refractivity contribution is 5.98. The second-order valence-corrected chi connectivity index (χ2v) is 5.99. The van der Waals surface area contributed by atoms with E-state index in [-0.39, 0.29) is 6.54 Å². The number of carbonyl (C=O) groups excluding carboxylic acids is 3. The maximum absolute atomic E-state index is 12.2. The summed E-state index contributed by atoms with van der Waals surface area (Å²) in [6, 6.07) is 6.71. The van der Waals surface area contributed by atoms with E-state index in [0.717, 1.165) is 5.69 Å². The van der Waals surface area contributed by atoms with Gasteiger partial charge in [0, 0.05) is 7.05 Å². The van der Waals surface area contributed by atoms with E-state index in [4.69, 9.17) is 9.47 Å². The van der Waals surface area contributed by atoms with Gasteiger partial charge in [-0.05, 0) is 32.9 Å². The van der Waals surface area contributed by atoms with Crippen molar-refractivity contribution in [2.45, 2.75) is 20.8 Å². The van der Waals surface area contributed by atoms with Crippen molar-refractivity contribution >= 4 is 23.5 Å². The van der Waals surface area contributed by atoms with E-state index in [9.17, 15) is 14.4 Å². The lowest BCUT2D eigenvalue weighted by Gasteiger charge is -2.10. The van der Waals surface area contributed by atoms with Gasteiger partial charge < -0.3 is 20.1 Å². The molecule has 0 saturated carbocycles. The van der Waals surface area contributed by atoms with Crippen molar-refractivity contribution in [2.24, 2.45) is 7.05 Å². The molecule has 0 radical (unpaired) electrons. The maximum atomic E-state index is 12.2. The van der Waals surface area contributed by atoms with Crippen molar-refractivity contribution in [3.63, 3.8) is 0 Å². The Balaban J connectivity index is 1.81. The predicted octanol–water partition coefficient (Wildman–Crippen LogP) is 1.35. The highest BCUT2D eigenvalue weighted by Crippen LogP contribution is 2.18. The molecule has 2 N–H and O–H groups in total. The van der Waals surface area contributed by atoms with Crippen LogP contribution in [0.5, 0.6) is 5.75 Å². The Morgan fingerprint density at radius 1 is 1.18 bits per heavy atom. The molecule has 2 rings (SSSR count). The zero-order valence-corrected chi connectivity index (χ0v) is 16.4. The Bertz CT molecular complexity index is 875. The first kappa shape index (κ1) is 20.9. The van der Waals surface area contributed by atoms with Crippen LogP contribution in [0.15, 0.2) is 24.3 Å². The number of aryl methyl sites for hydroxylation is 2. The van der Waals surface area contributed by atoms with Gasteiger partial charge in [-0.25, -0.2) is 0 Å². The van der Waals surface area contributed by atoms with Gasteiger partial charge in [0.2, 0.25) is 0 Å². The molecule has 0 aliphatic rings. The molecular weight excluding hydrogens is 364 g/mol. The van der Waals surface area contributed by atoms with Gasteiger partial charge in [0.05, 0.1) is 29.2 Å². The highest BCUT2D eigenvalue weighted by Gasteiger charge is 2.16. The number of nitrogens with one attached hydrogen (secondary N) is 2. The molecule has 0 fully saturated rings. The van der Waals surface area contributed by atoms with Crippen molar-refractivity contribution in [2.75, 3.05) is 25.1 Å². The summed E-state index contributed by atoms with van der Waals surface area (Å²) in [5, 5.41) is 9.31. The summed E-state index contributed by atoms with van der Waals surface area (Å²) in [5.74, 6) is -1.25. The van der Waals surface area contributed by atoms with Crippen LogP contribution >= 0.6 is 0 Å². The number of benzene rings is 1. The Morgan fingerprint density at radius 2 is 1.89 bits per heavy atom. The number of ether oxygens (including phenoxy) is 2. The molecule has 0 aliphatic heterocycles. The number of para-hydroxylation sites is 1. The first-order valence-corrected chi connectivity index (χ1v) is 8.79. The molecule has 0 spiro atoms. The van der Waals surface area contributed by atoms with Crippen molar-refractivity contribution < 1.29 is 23.9 Å². The molecule has 0 bridgehead atoms. The lowest BCUT2D eigenvalue weighted by atomic mass is 10.2. The fourth-order valence-corrected chi connectivity index (χ4v) is 2.51. The number of anilines is 1. The summed E-state index contributed by atoms with van der Waals surface area (Å²) in [6.45, 7) is 4.99. The number of amides is 2. The number of hydrogen-bond acceptors (Lipinski definition) is 6. The third kappa shape index (κ3) is 5.32. The van der Waals surface area contributed by atoms with Crippen LogP contribution in [-0.2, 0) is 21.4 Å². The number of nitrogens with zero attached hydrogens (tertiary/aromatic N) is 2. The van der Waals surface area contributed by atoms with Gasteiger partial charge in [-0.15, -0.1) is 0 Å². The molecule has 28 heavy (non-hydrogen) atoms. The maximum Gasteiger partial charge on any atom is 0.325 e. The van der Waals surface area contributed by atoms with E-state index >= 15 is 0 Å². The lowest BCUT2D eigenvalue weighted by molar-refractivity contribution is -0.146. The Labute approximate surface area is 163 Å². The summed E-state index contributed by atoms with van der Waals surface area (Å²) in [6.07, 6.45) is 0. The van der Waals surface area contributed by atoms with Crippen LogP contribution in [0.1, 0.15) is 28.7 Å². The van der Waals surface area contributed by atoms with Crippen LogP contribution in [0.2, 0.25) is 0 Å². The molecular formula is C19H24N4O5. The lowest BCUT2D eigenvalue weighted by Crippen LogP contribution is -2.32. The standard InChI is InChI=1S/C19H24N4O5/c1-5-27-15-9-7-6-8-14(15)19(26)20-10-17(25)28-11-16(24)21-18-12(2)22-23(4)13(18)3/h6-9H,5,10-11H2,1-4H3,(H,20,26)(H,21,24). The third-order valence-electron chi connectivity index (χ3n) is 3.96. The smallest absolute Gasteiger partial charge is 0.325 e. The summed E-state index contributed by atoms with van der Waals surface area (Å²) in [7, 11) is 1.77. The number of aromatic nitrogens is 2. The SMILES string of the molecule is CCOc1ccccc1C(=O)NCC(=O)OCC(=O)Nc1c(C)nn(C)c1C. The molecule has 0 saturated heterocycles. The topological polar surface area (TPSA) is 112 Å². The predicted molar refractivity (Wildman–Crippen MR) is 102 cm³/mol. The first-order chi connectivity index (χ1) is 13.3. The average molecular weight is 388 g/mol. The largest absolute Gasteiger partial charge is 0.493 e. The highest BCUT2D eigenvalue weighted by atomic mass is 16.5. The molecule has 0 unspecified atom stereocenters. The summed E-state index contributed by atoms with van der Waals surface area (Å²) < 4.78 is 11.9. The summed E-state index contributed by atoms with van der Waals surface area (Å²) in [4.78, 5) is 36.0. The monoisotopic (exact) mass is 388 g/mol. The van der Waals surface area contributed by atoms with E-state index in [2.05, 4.69) is 15.7 Å². The number of carbonyl (C=O) groups is 3. The van der Waals surface area contributed by atoms with Crippen molar-refractivity contribution in [1.29, 1.82) is 0 Å². The molecule has 2 aromatic rings. The third-order valence-corrected chi connectivity index (χ3v) is 3.96. The molecule has 1 aromatic carbocycles. The van der Waals surface area contributed by atoms with E-state index in [1.54, 1.807) is 42.9 Å². The Morgan fingerprint density at radius 3 is 2.54 bits per heavy atom. The van der Waals surface area contributed by atoms with E-state index in [1.807, 2.05) is 13.8 Å². The van der Waals surface area contributed by atoms with Crippen LogP contribution < -0.4 is 15.4 Å². The molecule has 150 valence electrons. The van der Waals surface area contributed by atoms with Crippen LogP contribution in [0, 0.1) is 13.8 Å².